The Balaban J connectivity index is 1.91. The summed E-state index contributed by atoms with van der Waals surface area (Å²) in [6.45, 7) is 2.90. The molecule has 0 aliphatic rings. The van der Waals surface area contributed by atoms with Gasteiger partial charge in [-0.2, -0.15) is 4.37 Å². The van der Waals surface area contributed by atoms with Crippen LogP contribution in [0.1, 0.15) is 17.0 Å². The molecule has 2 rings (SSSR count). The molecule has 1 aromatic carbocycles. The number of hydrogen-bond acceptors (Lipinski definition) is 5. The highest BCUT2D eigenvalue weighted by atomic mass is 32.1. The van der Waals surface area contributed by atoms with Crippen LogP contribution in [-0.2, 0) is 17.7 Å². The maximum absolute atomic E-state index is 13.4. The van der Waals surface area contributed by atoms with E-state index in [1.807, 2.05) is 6.07 Å². The fourth-order valence-electron chi connectivity index (χ4n) is 1.54. The van der Waals surface area contributed by atoms with Gasteiger partial charge in [0.25, 0.3) is 0 Å². The molecule has 1 aromatic heterocycles. The summed E-state index contributed by atoms with van der Waals surface area (Å²) in [7, 11) is 1.65. The number of nitrogens with one attached hydrogen (secondary N) is 1. The van der Waals surface area contributed by atoms with Gasteiger partial charge >= 0.3 is 0 Å². The lowest BCUT2D eigenvalue weighted by atomic mass is 10.1. The van der Waals surface area contributed by atoms with E-state index in [9.17, 15) is 4.39 Å². The molecule has 1 heterocycles. The maximum atomic E-state index is 13.4. The lowest BCUT2D eigenvalue weighted by Crippen LogP contribution is -2.01. The molecule has 2 aromatic rings. The summed E-state index contributed by atoms with van der Waals surface area (Å²) in [4.78, 5) is 4.33. The molecule has 0 spiro atoms. The number of benzene rings is 1. The van der Waals surface area contributed by atoms with Gasteiger partial charge in [-0.1, -0.05) is 12.1 Å². The van der Waals surface area contributed by atoms with Gasteiger partial charge < -0.3 is 10.1 Å². The van der Waals surface area contributed by atoms with Crippen molar-refractivity contribution in [2.24, 2.45) is 0 Å². The van der Waals surface area contributed by atoms with Crippen LogP contribution in [-0.4, -0.2) is 23.1 Å². The third-order valence-corrected chi connectivity index (χ3v) is 3.39. The molecule has 102 valence electrons. The van der Waals surface area contributed by atoms with Crippen molar-refractivity contribution in [2.45, 2.75) is 19.9 Å². The van der Waals surface area contributed by atoms with Crippen LogP contribution in [0.5, 0.6) is 0 Å². The summed E-state index contributed by atoms with van der Waals surface area (Å²) >= 11 is 1.31. The Kier molecular flexibility index (Phi) is 4.81. The first-order chi connectivity index (χ1) is 9.19. The fourth-order valence-corrected chi connectivity index (χ4v) is 2.15. The number of hydrogen-bond donors (Lipinski definition) is 1. The number of nitrogens with zero attached hydrogens (tertiary/aromatic N) is 2. The Hall–Kier alpha value is -1.53. The predicted molar refractivity (Wildman–Crippen MR) is 74.0 cm³/mol. The fraction of sp³-hybridized carbons (Fsp3) is 0.385. The van der Waals surface area contributed by atoms with Gasteiger partial charge in [0.05, 0.1) is 6.61 Å². The summed E-state index contributed by atoms with van der Waals surface area (Å²) in [5.74, 6) is 0.585. The van der Waals surface area contributed by atoms with E-state index in [2.05, 4.69) is 14.7 Å². The van der Waals surface area contributed by atoms with Gasteiger partial charge in [0.15, 0.2) is 0 Å². The molecule has 0 aliphatic carbocycles. The Morgan fingerprint density at radius 1 is 1.42 bits per heavy atom. The highest BCUT2D eigenvalue weighted by Gasteiger charge is 2.04. The number of rotatable bonds is 6. The van der Waals surface area contributed by atoms with Gasteiger partial charge in [-0.15, -0.1) is 0 Å². The molecule has 0 amide bonds. The predicted octanol–water partition coefficient (Wildman–Crippen LogP) is 2.79. The average Bonchev–Trinajstić information content (AvgIpc) is 2.86. The van der Waals surface area contributed by atoms with Gasteiger partial charge in [-0.25, -0.2) is 9.37 Å². The minimum absolute atomic E-state index is 0.183. The summed E-state index contributed by atoms with van der Waals surface area (Å²) in [6.07, 6.45) is 0.702. The molecule has 6 heteroatoms. The smallest absolute Gasteiger partial charge is 0.202 e. The van der Waals surface area contributed by atoms with Gasteiger partial charge in [0.2, 0.25) is 5.13 Å². The van der Waals surface area contributed by atoms with Crippen molar-refractivity contribution in [2.75, 3.05) is 19.0 Å². The molecule has 0 radical (unpaired) electrons. The average molecular weight is 281 g/mol. The first-order valence-electron chi connectivity index (χ1n) is 5.99. The van der Waals surface area contributed by atoms with Crippen LogP contribution >= 0.6 is 11.5 Å². The Labute approximate surface area is 115 Å². The van der Waals surface area contributed by atoms with E-state index in [1.54, 1.807) is 20.1 Å². The van der Waals surface area contributed by atoms with E-state index in [0.717, 1.165) is 16.5 Å². The summed E-state index contributed by atoms with van der Waals surface area (Å²) in [5.41, 5.74) is 1.54. The number of aryl methyl sites for hydroxylation is 1. The number of ether oxygens (including phenoxy) is 1. The van der Waals surface area contributed by atoms with Crippen LogP contribution in [0.15, 0.2) is 18.2 Å². The van der Waals surface area contributed by atoms with Crippen LogP contribution in [0.25, 0.3) is 0 Å². The molecule has 0 bridgehead atoms. The zero-order valence-corrected chi connectivity index (χ0v) is 11.8. The van der Waals surface area contributed by atoms with Crippen LogP contribution in [0, 0.1) is 12.7 Å². The zero-order valence-electron chi connectivity index (χ0n) is 10.9. The van der Waals surface area contributed by atoms with Gasteiger partial charge in [0, 0.05) is 31.6 Å². The summed E-state index contributed by atoms with van der Waals surface area (Å²) in [6, 6.07) is 5.21. The summed E-state index contributed by atoms with van der Waals surface area (Å²) in [5, 5.41) is 3.88. The van der Waals surface area contributed by atoms with E-state index in [-0.39, 0.29) is 5.82 Å². The van der Waals surface area contributed by atoms with Crippen LogP contribution < -0.4 is 5.32 Å². The van der Waals surface area contributed by atoms with Gasteiger partial charge in [-0.3, -0.25) is 0 Å². The van der Waals surface area contributed by atoms with Crippen LogP contribution in [0.3, 0.4) is 0 Å². The quantitative estimate of drug-likeness (QED) is 0.884. The first kappa shape index (κ1) is 13.9. The molecule has 0 fully saturated rings. The largest absolute Gasteiger partial charge is 0.384 e. The highest BCUT2D eigenvalue weighted by Crippen LogP contribution is 2.14. The Bertz CT molecular complexity index is 544. The number of methoxy groups -OCH3 is 1. The van der Waals surface area contributed by atoms with E-state index >= 15 is 0 Å². The zero-order chi connectivity index (χ0) is 13.7. The number of aromatic nitrogens is 2. The normalized spacial score (nSPS) is 10.7. The minimum atomic E-state index is -0.183. The molecule has 0 saturated carbocycles. The van der Waals surface area contributed by atoms with E-state index in [0.29, 0.717) is 25.1 Å². The molecular weight excluding hydrogens is 265 g/mol. The topological polar surface area (TPSA) is 47.0 Å². The number of anilines is 1. The maximum Gasteiger partial charge on any atom is 0.202 e. The second kappa shape index (κ2) is 6.58. The van der Waals surface area contributed by atoms with Gasteiger partial charge in [-0.05, 0) is 24.1 Å². The van der Waals surface area contributed by atoms with Crippen molar-refractivity contribution >= 4 is 16.7 Å². The van der Waals surface area contributed by atoms with Crippen molar-refractivity contribution < 1.29 is 9.13 Å². The molecule has 0 saturated heterocycles. The van der Waals surface area contributed by atoms with Crippen LogP contribution in [0.2, 0.25) is 0 Å². The van der Waals surface area contributed by atoms with Gasteiger partial charge in [0.1, 0.15) is 11.6 Å². The van der Waals surface area contributed by atoms with E-state index < -0.39 is 0 Å². The molecule has 4 nitrogen and oxygen atoms in total. The van der Waals surface area contributed by atoms with Crippen molar-refractivity contribution in [1.29, 1.82) is 0 Å². The Morgan fingerprint density at radius 3 is 3.00 bits per heavy atom. The van der Waals surface area contributed by atoms with Crippen molar-refractivity contribution in [3.05, 3.63) is 41.0 Å². The molecule has 0 atom stereocenters. The molecule has 19 heavy (non-hydrogen) atoms. The molecule has 0 aliphatic heterocycles. The molecular formula is C13H16FN3OS. The second-order valence-electron chi connectivity index (χ2n) is 4.20. The van der Waals surface area contributed by atoms with Crippen molar-refractivity contribution in [1.82, 2.24) is 9.36 Å². The second-order valence-corrected chi connectivity index (χ2v) is 4.95. The van der Waals surface area contributed by atoms with Crippen LogP contribution in [0.4, 0.5) is 9.52 Å². The SMILES string of the molecule is COCCc1nsc(NCc2ccc(C)c(F)c2)n1. The Morgan fingerprint density at radius 2 is 2.26 bits per heavy atom. The van der Waals surface area contributed by atoms with Crippen molar-refractivity contribution in [3.8, 4) is 0 Å². The molecule has 0 unspecified atom stereocenters. The lowest BCUT2D eigenvalue weighted by molar-refractivity contribution is 0.201. The standard InChI is InChI=1S/C13H16FN3OS/c1-9-3-4-10(7-11(9)14)8-15-13-16-12(17-19-13)5-6-18-2/h3-4,7H,5-6,8H2,1-2H3,(H,15,16,17). The summed E-state index contributed by atoms with van der Waals surface area (Å²) < 4.78 is 22.6. The number of halogens is 1. The van der Waals surface area contributed by atoms with Crippen molar-refractivity contribution in [3.63, 3.8) is 0 Å². The third kappa shape index (κ3) is 3.97. The first-order valence-corrected chi connectivity index (χ1v) is 6.77. The minimum Gasteiger partial charge on any atom is -0.384 e. The lowest BCUT2D eigenvalue weighted by Gasteiger charge is -2.04. The monoisotopic (exact) mass is 281 g/mol. The molecule has 1 N–H and O–H groups in total. The van der Waals surface area contributed by atoms with E-state index in [1.165, 1.54) is 17.6 Å². The van der Waals surface area contributed by atoms with E-state index in [4.69, 9.17) is 4.74 Å². The third-order valence-electron chi connectivity index (χ3n) is 2.68. The highest BCUT2D eigenvalue weighted by molar-refractivity contribution is 7.09.